The minimum atomic E-state index is -3.79. The van der Waals surface area contributed by atoms with Crippen LogP contribution in [0, 0.1) is 10.1 Å². The Labute approximate surface area is 168 Å². The number of nitrogens with zero attached hydrogens (tertiary/aromatic N) is 2. The van der Waals surface area contributed by atoms with Crippen LogP contribution >= 0.6 is 0 Å². The molecule has 0 bridgehead atoms. The summed E-state index contributed by atoms with van der Waals surface area (Å²) in [6.07, 6.45) is 1.97. The van der Waals surface area contributed by atoms with Gasteiger partial charge in [0.25, 0.3) is 11.6 Å². The first-order valence-electron chi connectivity index (χ1n) is 9.14. The number of primary sulfonamides is 1. The number of nitrogens with one attached hydrogen (secondary N) is 1. The van der Waals surface area contributed by atoms with Crippen molar-refractivity contribution in [1.29, 1.82) is 0 Å². The van der Waals surface area contributed by atoms with Gasteiger partial charge < -0.3 is 10.2 Å². The van der Waals surface area contributed by atoms with Crippen molar-refractivity contribution in [3.05, 3.63) is 63.7 Å². The highest BCUT2D eigenvalue weighted by molar-refractivity contribution is 7.89. The molecule has 0 radical (unpaired) electrons. The van der Waals surface area contributed by atoms with Crippen LogP contribution in [0.3, 0.4) is 0 Å². The van der Waals surface area contributed by atoms with E-state index in [0.29, 0.717) is 11.3 Å². The van der Waals surface area contributed by atoms with Crippen molar-refractivity contribution in [2.45, 2.75) is 30.7 Å². The molecule has 2 aromatic rings. The van der Waals surface area contributed by atoms with Crippen LogP contribution in [0.5, 0.6) is 0 Å². The van der Waals surface area contributed by atoms with E-state index in [2.05, 4.69) is 5.32 Å². The molecule has 1 fully saturated rings. The lowest BCUT2D eigenvalue weighted by Gasteiger charge is -2.18. The lowest BCUT2D eigenvalue weighted by molar-refractivity contribution is -0.384. The van der Waals surface area contributed by atoms with Crippen LogP contribution in [-0.4, -0.2) is 32.3 Å². The normalized spacial score (nSPS) is 15.2. The van der Waals surface area contributed by atoms with Gasteiger partial charge in [0.1, 0.15) is 5.69 Å². The predicted octanol–water partition coefficient (Wildman–Crippen LogP) is 2.33. The molecule has 9 nitrogen and oxygen atoms in total. The SMILES string of the molecule is C[C@@H](NC(=O)c1ccc(N2CCCC2)c([N+](=O)[O-])c1)c1ccc(S(N)(=O)=O)cc1. The van der Waals surface area contributed by atoms with Crippen LogP contribution in [0.25, 0.3) is 0 Å². The van der Waals surface area contributed by atoms with Gasteiger partial charge in [-0.05, 0) is 49.6 Å². The standard InChI is InChI=1S/C19H22N4O5S/c1-13(14-4-7-16(8-5-14)29(20,27)28)21-19(24)15-6-9-17(18(12-15)23(25)26)22-10-2-3-11-22/h4-9,12-13H,2-3,10-11H2,1H3,(H,21,24)(H2,20,27,28)/t13-/m1/s1. The minimum absolute atomic E-state index is 0.0205. The summed E-state index contributed by atoms with van der Waals surface area (Å²) >= 11 is 0. The number of sulfonamides is 1. The number of nitrogens with two attached hydrogens (primary N) is 1. The predicted molar refractivity (Wildman–Crippen MR) is 108 cm³/mol. The Morgan fingerprint density at radius 1 is 1.17 bits per heavy atom. The Hall–Kier alpha value is -2.98. The highest BCUT2D eigenvalue weighted by Gasteiger charge is 2.24. The molecule has 10 heteroatoms. The number of carbonyl (C=O) groups excluding carboxylic acids is 1. The minimum Gasteiger partial charge on any atom is -0.366 e. The van der Waals surface area contributed by atoms with Gasteiger partial charge in [-0.1, -0.05) is 12.1 Å². The van der Waals surface area contributed by atoms with E-state index in [0.717, 1.165) is 25.9 Å². The first-order chi connectivity index (χ1) is 13.7. The van der Waals surface area contributed by atoms with Gasteiger partial charge >= 0.3 is 0 Å². The maximum Gasteiger partial charge on any atom is 0.293 e. The Balaban J connectivity index is 1.77. The lowest BCUT2D eigenvalue weighted by atomic mass is 10.1. The molecule has 1 aliphatic rings. The number of hydrogen-bond donors (Lipinski definition) is 2. The molecule has 0 unspecified atom stereocenters. The summed E-state index contributed by atoms with van der Waals surface area (Å²) in [6, 6.07) is 9.89. The molecule has 1 aliphatic heterocycles. The number of nitro groups is 1. The van der Waals surface area contributed by atoms with Crippen molar-refractivity contribution < 1.29 is 18.1 Å². The van der Waals surface area contributed by atoms with E-state index in [4.69, 9.17) is 5.14 Å². The van der Waals surface area contributed by atoms with Crippen molar-refractivity contribution in [1.82, 2.24) is 5.32 Å². The van der Waals surface area contributed by atoms with Gasteiger partial charge in [-0.15, -0.1) is 0 Å². The number of amides is 1. The van der Waals surface area contributed by atoms with E-state index in [1.165, 1.54) is 18.2 Å². The number of nitro benzene ring substituents is 1. The van der Waals surface area contributed by atoms with Gasteiger partial charge in [-0.2, -0.15) is 0 Å². The third-order valence-corrected chi connectivity index (χ3v) is 5.87. The molecule has 1 amide bonds. The Morgan fingerprint density at radius 2 is 1.79 bits per heavy atom. The van der Waals surface area contributed by atoms with Crippen molar-refractivity contribution in [2.24, 2.45) is 5.14 Å². The smallest absolute Gasteiger partial charge is 0.293 e. The molecule has 0 spiro atoms. The number of rotatable bonds is 6. The van der Waals surface area contributed by atoms with Crippen molar-refractivity contribution in [2.75, 3.05) is 18.0 Å². The molecule has 154 valence electrons. The topological polar surface area (TPSA) is 136 Å². The fourth-order valence-corrected chi connectivity index (χ4v) is 3.86. The largest absolute Gasteiger partial charge is 0.366 e. The summed E-state index contributed by atoms with van der Waals surface area (Å²) in [6.45, 7) is 3.26. The second-order valence-corrected chi connectivity index (χ2v) is 8.53. The molecule has 1 heterocycles. The molecular formula is C19H22N4O5S. The zero-order valence-corrected chi connectivity index (χ0v) is 16.7. The Morgan fingerprint density at radius 3 is 2.34 bits per heavy atom. The zero-order valence-electron chi connectivity index (χ0n) is 15.9. The molecule has 29 heavy (non-hydrogen) atoms. The monoisotopic (exact) mass is 418 g/mol. The molecule has 2 aromatic carbocycles. The van der Waals surface area contributed by atoms with Gasteiger partial charge in [-0.3, -0.25) is 14.9 Å². The van der Waals surface area contributed by atoms with Crippen LogP contribution in [0.15, 0.2) is 47.4 Å². The van der Waals surface area contributed by atoms with Crippen LogP contribution in [0.2, 0.25) is 0 Å². The molecular weight excluding hydrogens is 396 g/mol. The van der Waals surface area contributed by atoms with Gasteiger partial charge in [0.2, 0.25) is 10.0 Å². The molecule has 0 saturated carbocycles. The first-order valence-corrected chi connectivity index (χ1v) is 10.7. The molecule has 0 aliphatic carbocycles. The van der Waals surface area contributed by atoms with Crippen LogP contribution < -0.4 is 15.4 Å². The average molecular weight is 418 g/mol. The van der Waals surface area contributed by atoms with Gasteiger partial charge in [-0.25, -0.2) is 13.6 Å². The molecule has 3 rings (SSSR count). The van der Waals surface area contributed by atoms with E-state index in [1.54, 1.807) is 31.2 Å². The highest BCUT2D eigenvalue weighted by Crippen LogP contribution is 2.31. The molecule has 1 saturated heterocycles. The Kier molecular flexibility index (Phi) is 5.85. The maximum atomic E-state index is 12.6. The number of hydrogen-bond acceptors (Lipinski definition) is 6. The summed E-state index contributed by atoms with van der Waals surface area (Å²) in [5.41, 5.74) is 1.29. The highest BCUT2D eigenvalue weighted by atomic mass is 32.2. The van der Waals surface area contributed by atoms with Crippen LogP contribution in [-0.2, 0) is 10.0 Å². The molecule has 0 aromatic heterocycles. The van der Waals surface area contributed by atoms with Crippen molar-refractivity contribution >= 4 is 27.3 Å². The first kappa shape index (κ1) is 20.7. The van der Waals surface area contributed by atoms with Gasteiger partial charge in [0.05, 0.1) is 15.9 Å². The summed E-state index contributed by atoms with van der Waals surface area (Å²) in [7, 11) is -3.79. The van der Waals surface area contributed by atoms with E-state index < -0.39 is 26.9 Å². The van der Waals surface area contributed by atoms with E-state index in [9.17, 15) is 23.3 Å². The fraction of sp³-hybridized carbons (Fsp3) is 0.316. The zero-order chi connectivity index (χ0) is 21.2. The summed E-state index contributed by atoms with van der Waals surface area (Å²) < 4.78 is 22.7. The van der Waals surface area contributed by atoms with Crippen molar-refractivity contribution in [3.8, 4) is 0 Å². The van der Waals surface area contributed by atoms with Gasteiger partial charge in [0, 0.05) is 24.7 Å². The second kappa shape index (κ2) is 8.18. The van der Waals surface area contributed by atoms with E-state index >= 15 is 0 Å². The third kappa shape index (κ3) is 4.72. The number of carbonyl (C=O) groups is 1. The van der Waals surface area contributed by atoms with Crippen molar-refractivity contribution in [3.63, 3.8) is 0 Å². The van der Waals surface area contributed by atoms with Crippen LogP contribution in [0.4, 0.5) is 11.4 Å². The quantitative estimate of drug-likeness (QED) is 0.546. The summed E-state index contributed by atoms with van der Waals surface area (Å²) in [4.78, 5) is 25.6. The maximum absolute atomic E-state index is 12.6. The molecule has 1 atom stereocenters. The van der Waals surface area contributed by atoms with Gasteiger partial charge in [0.15, 0.2) is 0 Å². The number of benzene rings is 2. The Bertz CT molecular complexity index is 1030. The fourth-order valence-electron chi connectivity index (χ4n) is 3.35. The van der Waals surface area contributed by atoms with E-state index in [1.807, 2.05) is 4.90 Å². The van der Waals surface area contributed by atoms with Crippen LogP contribution in [0.1, 0.15) is 41.7 Å². The third-order valence-electron chi connectivity index (χ3n) is 4.94. The summed E-state index contributed by atoms with van der Waals surface area (Å²) in [5, 5.41) is 19.3. The average Bonchev–Trinajstić information content (AvgIpc) is 3.21. The second-order valence-electron chi connectivity index (χ2n) is 6.96. The summed E-state index contributed by atoms with van der Waals surface area (Å²) in [5.74, 6) is -0.455. The lowest BCUT2D eigenvalue weighted by Crippen LogP contribution is -2.27. The van der Waals surface area contributed by atoms with E-state index in [-0.39, 0.29) is 16.1 Å². The molecule has 3 N–H and O–H groups in total. The number of anilines is 1.